The number of rotatable bonds is 4. The van der Waals surface area contributed by atoms with Crippen LogP contribution in [0.25, 0.3) is 0 Å². The first-order valence-electron chi connectivity index (χ1n) is 6.26. The van der Waals surface area contributed by atoms with E-state index in [1.165, 1.54) is 0 Å². The van der Waals surface area contributed by atoms with Crippen molar-refractivity contribution in [2.24, 2.45) is 0 Å². The lowest BCUT2D eigenvalue weighted by atomic mass is 9.71. The molecule has 0 bridgehead atoms. The van der Waals surface area contributed by atoms with Gasteiger partial charge in [-0.1, -0.05) is 23.7 Å². The van der Waals surface area contributed by atoms with E-state index in [-0.39, 0.29) is 25.2 Å². The molecule has 0 aliphatic carbocycles. The fourth-order valence-corrected chi connectivity index (χ4v) is 2.62. The third-order valence-electron chi connectivity index (χ3n) is 3.63. The van der Waals surface area contributed by atoms with E-state index < -0.39 is 17.3 Å². The number of carboxylic acid groups (broad SMARTS) is 1. The number of imide groups is 1. The van der Waals surface area contributed by atoms with Crippen LogP contribution < -0.4 is 5.32 Å². The molecule has 106 valence electrons. The van der Waals surface area contributed by atoms with Crippen LogP contribution in [0, 0.1) is 0 Å². The quantitative estimate of drug-likeness (QED) is 0.831. The summed E-state index contributed by atoms with van der Waals surface area (Å²) in [6.07, 6.45) is 0.536. The summed E-state index contributed by atoms with van der Waals surface area (Å²) < 4.78 is 0. The highest BCUT2D eigenvalue weighted by molar-refractivity contribution is 6.30. The number of nitrogens with one attached hydrogen (secondary N) is 1. The maximum Gasteiger partial charge on any atom is 0.303 e. The van der Waals surface area contributed by atoms with Gasteiger partial charge >= 0.3 is 5.97 Å². The summed E-state index contributed by atoms with van der Waals surface area (Å²) in [5.41, 5.74) is -0.287. The van der Waals surface area contributed by atoms with Crippen molar-refractivity contribution in [2.45, 2.75) is 31.1 Å². The lowest BCUT2D eigenvalue weighted by molar-refractivity contribution is -0.139. The van der Waals surface area contributed by atoms with E-state index in [1.807, 2.05) is 0 Å². The third-order valence-corrected chi connectivity index (χ3v) is 3.88. The number of amides is 2. The molecule has 1 fully saturated rings. The minimum absolute atomic E-state index is 0.135. The molecular formula is C14H14ClNO4. The summed E-state index contributed by atoms with van der Waals surface area (Å²) in [5.74, 6) is -1.73. The largest absolute Gasteiger partial charge is 0.481 e. The fourth-order valence-electron chi connectivity index (χ4n) is 2.50. The third kappa shape index (κ3) is 2.82. The van der Waals surface area contributed by atoms with Crippen LogP contribution in [0.3, 0.4) is 0 Å². The molecule has 6 heteroatoms. The van der Waals surface area contributed by atoms with Gasteiger partial charge < -0.3 is 5.11 Å². The Hall–Kier alpha value is -1.88. The first-order valence-corrected chi connectivity index (χ1v) is 6.64. The normalized spacial score (nSPS) is 22.4. The zero-order valence-corrected chi connectivity index (χ0v) is 11.4. The van der Waals surface area contributed by atoms with Crippen LogP contribution in [0.5, 0.6) is 0 Å². The molecule has 1 atom stereocenters. The number of carbonyl (C=O) groups is 3. The average Bonchev–Trinajstić information content (AvgIpc) is 2.39. The minimum Gasteiger partial charge on any atom is -0.481 e. The van der Waals surface area contributed by atoms with Gasteiger partial charge in [0, 0.05) is 17.9 Å². The van der Waals surface area contributed by atoms with Gasteiger partial charge in [0.1, 0.15) is 0 Å². The molecule has 0 spiro atoms. The number of piperidine rings is 1. The first-order chi connectivity index (χ1) is 9.44. The fraction of sp³-hybridized carbons (Fsp3) is 0.357. The second-order valence-electron chi connectivity index (χ2n) is 4.86. The molecule has 1 saturated heterocycles. The zero-order valence-electron chi connectivity index (χ0n) is 10.7. The van der Waals surface area contributed by atoms with Gasteiger partial charge in [-0.25, -0.2) is 0 Å². The standard InChI is InChI=1S/C14H14ClNO4/c15-10-3-1-9(2-4-10)14(8-6-12(18)19)7-5-11(17)16-13(14)20/h1-4H,5-8H2,(H,18,19)(H,16,17,20). The van der Waals surface area contributed by atoms with Crippen LogP contribution in [0.15, 0.2) is 24.3 Å². The Balaban J connectivity index is 2.37. The van der Waals surface area contributed by atoms with Crippen molar-refractivity contribution >= 4 is 29.4 Å². The van der Waals surface area contributed by atoms with E-state index >= 15 is 0 Å². The molecule has 5 nitrogen and oxygen atoms in total. The van der Waals surface area contributed by atoms with Gasteiger partial charge in [-0.05, 0) is 30.5 Å². The molecule has 2 N–H and O–H groups in total. The second-order valence-corrected chi connectivity index (χ2v) is 5.30. The Morgan fingerprint density at radius 2 is 1.95 bits per heavy atom. The Morgan fingerprint density at radius 1 is 1.30 bits per heavy atom. The van der Waals surface area contributed by atoms with Gasteiger partial charge in [-0.3, -0.25) is 19.7 Å². The van der Waals surface area contributed by atoms with Crippen molar-refractivity contribution in [3.8, 4) is 0 Å². The summed E-state index contributed by atoms with van der Waals surface area (Å²) >= 11 is 5.83. The summed E-state index contributed by atoms with van der Waals surface area (Å²) in [6, 6.07) is 6.73. The van der Waals surface area contributed by atoms with Crippen LogP contribution >= 0.6 is 11.6 Å². The van der Waals surface area contributed by atoms with E-state index in [9.17, 15) is 14.4 Å². The predicted octanol–water partition coefficient (Wildman–Crippen LogP) is 1.88. The molecule has 0 radical (unpaired) electrons. The van der Waals surface area contributed by atoms with Crippen LogP contribution in [0.1, 0.15) is 31.2 Å². The van der Waals surface area contributed by atoms with Crippen LogP contribution in [0.2, 0.25) is 5.02 Å². The van der Waals surface area contributed by atoms with Crippen molar-refractivity contribution < 1.29 is 19.5 Å². The summed E-state index contributed by atoms with van der Waals surface area (Å²) in [5, 5.41) is 11.7. The Labute approximate surface area is 120 Å². The topological polar surface area (TPSA) is 83.5 Å². The molecule has 1 aliphatic rings. The SMILES string of the molecule is O=C(O)CCC1(c2ccc(Cl)cc2)CCC(=O)NC1=O. The monoisotopic (exact) mass is 295 g/mol. The number of carbonyl (C=O) groups excluding carboxylic acids is 2. The lowest BCUT2D eigenvalue weighted by Gasteiger charge is -2.35. The number of carboxylic acids is 1. The number of halogens is 1. The van der Waals surface area contributed by atoms with Gasteiger partial charge in [0.15, 0.2) is 0 Å². The first kappa shape index (κ1) is 14.5. The van der Waals surface area contributed by atoms with Gasteiger partial charge in [0.2, 0.25) is 11.8 Å². The van der Waals surface area contributed by atoms with Gasteiger partial charge in [-0.2, -0.15) is 0 Å². The summed E-state index contributed by atoms with van der Waals surface area (Å²) in [4.78, 5) is 34.4. The molecule has 1 heterocycles. The summed E-state index contributed by atoms with van der Waals surface area (Å²) in [7, 11) is 0. The smallest absolute Gasteiger partial charge is 0.303 e. The highest BCUT2D eigenvalue weighted by Gasteiger charge is 2.44. The molecule has 1 aromatic rings. The van der Waals surface area contributed by atoms with Crippen LogP contribution in [-0.2, 0) is 19.8 Å². The van der Waals surface area contributed by atoms with E-state index in [0.29, 0.717) is 17.0 Å². The van der Waals surface area contributed by atoms with Gasteiger partial charge in [-0.15, -0.1) is 0 Å². The number of hydrogen-bond donors (Lipinski definition) is 2. The second kappa shape index (κ2) is 5.63. The molecule has 2 amide bonds. The van der Waals surface area contributed by atoms with Crippen molar-refractivity contribution in [3.05, 3.63) is 34.9 Å². The molecule has 1 unspecified atom stereocenters. The van der Waals surface area contributed by atoms with E-state index in [1.54, 1.807) is 24.3 Å². The molecule has 2 rings (SSSR count). The molecular weight excluding hydrogens is 282 g/mol. The van der Waals surface area contributed by atoms with Crippen molar-refractivity contribution in [3.63, 3.8) is 0 Å². The van der Waals surface area contributed by atoms with E-state index in [0.717, 1.165) is 0 Å². The Morgan fingerprint density at radius 3 is 2.50 bits per heavy atom. The van der Waals surface area contributed by atoms with E-state index in [2.05, 4.69) is 5.32 Å². The summed E-state index contributed by atoms with van der Waals surface area (Å²) in [6.45, 7) is 0. The van der Waals surface area contributed by atoms with Crippen LogP contribution in [0.4, 0.5) is 0 Å². The van der Waals surface area contributed by atoms with Crippen molar-refractivity contribution in [1.82, 2.24) is 5.32 Å². The maximum absolute atomic E-state index is 12.3. The highest BCUT2D eigenvalue weighted by atomic mass is 35.5. The predicted molar refractivity (Wildman–Crippen MR) is 72.4 cm³/mol. The number of benzene rings is 1. The van der Waals surface area contributed by atoms with Gasteiger partial charge in [0.25, 0.3) is 0 Å². The molecule has 1 aliphatic heterocycles. The highest BCUT2D eigenvalue weighted by Crippen LogP contribution is 2.37. The Kier molecular flexibility index (Phi) is 4.09. The Bertz CT molecular complexity index is 555. The molecule has 1 aromatic carbocycles. The van der Waals surface area contributed by atoms with Crippen molar-refractivity contribution in [2.75, 3.05) is 0 Å². The lowest BCUT2D eigenvalue weighted by Crippen LogP contribution is -2.51. The van der Waals surface area contributed by atoms with Crippen molar-refractivity contribution in [1.29, 1.82) is 0 Å². The average molecular weight is 296 g/mol. The van der Waals surface area contributed by atoms with Crippen LogP contribution in [-0.4, -0.2) is 22.9 Å². The minimum atomic E-state index is -0.975. The number of aliphatic carboxylic acids is 1. The zero-order chi connectivity index (χ0) is 14.8. The molecule has 0 aromatic heterocycles. The molecule has 0 saturated carbocycles. The van der Waals surface area contributed by atoms with E-state index in [4.69, 9.17) is 16.7 Å². The van der Waals surface area contributed by atoms with Gasteiger partial charge in [0.05, 0.1) is 5.41 Å². The maximum atomic E-state index is 12.3. The molecule has 20 heavy (non-hydrogen) atoms. The number of hydrogen-bond acceptors (Lipinski definition) is 3.